The first kappa shape index (κ1) is 15.2. The Morgan fingerprint density at radius 2 is 1.90 bits per heavy atom. The Morgan fingerprint density at radius 1 is 1.25 bits per heavy atom. The molecule has 2 rings (SSSR count). The number of halogens is 1. The molecule has 0 saturated carbocycles. The molecule has 2 aromatic rings. The summed E-state index contributed by atoms with van der Waals surface area (Å²) < 4.78 is 6.64. The van der Waals surface area contributed by atoms with Crippen LogP contribution in [0.5, 0.6) is 0 Å². The molecule has 1 heterocycles. The Bertz CT molecular complexity index is 561. The minimum atomic E-state index is -0.747. The molecule has 0 atom stereocenters. The lowest BCUT2D eigenvalue weighted by atomic mass is 10.1. The van der Waals surface area contributed by atoms with Gasteiger partial charge in [0.05, 0.1) is 12.1 Å². The minimum absolute atomic E-state index is 0.504. The monoisotopic (exact) mass is 339 g/mol. The van der Waals surface area contributed by atoms with Crippen molar-refractivity contribution in [2.24, 2.45) is 0 Å². The molecule has 0 aliphatic rings. The van der Waals surface area contributed by atoms with Crippen LogP contribution in [0.2, 0.25) is 0 Å². The van der Waals surface area contributed by atoms with Crippen molar-refractivity contribution in [3.05, 3.63) is 34.6 Å². The van der Waals surface area contributed by atoms with Gasteiger partial charge in [0.2, 0.25) is 11.8 Å². The van der Waals surface area contributed by atoms with Crippen LogP contribution in [0.1, 0.15) is 19.7 Å². The van der Waals surface area contributed by atoms with Crippen LogP contribution in [-0.4, -0.2) is 39.4 Å². The van der Waals surface area contributed by atoms with Crippen molar-refractivity contribution in [2.45, 2.75) is 26.0 Å². The van der Waals surface area contributed by atoms with Crippen molar-refractivity contribution >= 4 is 15.9 Å². The molecule has 1 N–H and O–H groups in total. The molecule has 1 aromatic heterocycles. The maximum absolute atomic E-state index is 9.76. The number of likely N-dealkylation sites (N-methyl/N-ethyl adjacent to an activating group) is 1. The van der Waals surface area contributed by atoms with Gasteiger partial charge in [-0.25, -0.2) is 0 Å². The molecule has 0 radical (unpaired) electrons. The fourth-order valence-corrected chi connectivity index (χ4v) is 2.24. The van der Waals surface area contributed by atoms with Gasteiger partial charge in [-0.3, -0.25) is 4.90 Å². The van der Waals surface area contributed by atoms with Crippen molar-refractivity contribution < 1.29 is 9.52 Å². The van der Waals surface area contributed by atoms with Crippen LogP contribution in [0.15, 0.2) is 33.2 Å². The van der Waals surface area contributed by atoms with Gasteiger partial charge in [0.25, 0.3) is 0 Å². The van der Waals surface area contributed by atoms with Crippen LogP contribution in [0.25, 0.3) is 11.5 Å². The Balaban J connectivity index is 2.04. The van der Waals surface area contributed by atoms with E-state index in [2.05, 4.69) is 26.1 Å². The van der Waals surface area contributed by atoms with Crippen LogP contribution < -0.4 is 0 Å². The minimum Gasteiger partial charge on any atom is -0.419 e. The molecule has 0 fully saturated rings. The summed E-state index contributed by atoms with van der Waals surface area (Å²) in [4.78, 5) is 1.94. The summed E-state index contributed by atoms with van der Waals surface area (Å²) in [5.41, 5.74) is 0.139. The van der Waals surface area contributed by atoms with Gasteiger partial charge in [-0.05, 0) is 45.2 Å². The first-order valence-electron chi connectivity index (χ1n) is 6.33. The van der Waals surface area contributed by atoms with Crippen molar-refractivity contribution in [1.82, 2.24) is 15.1 Å². The number of hydrogen-bond donors (Lipinski definition) is 1. The summed E-state index contributed by atoms with van der Waals surface area (Å²) in [6.07, 6.45) is 0. The summed E-state index contributed by atoms with van der Waals surface area (Å²) in [6.45, 7) is 4.58. The zero-order valence-corrected chi connectivity index (χ0v) is 13.4. The molecular formula is C14H18BrN3O2. The molecule has 5 nitrogen and oxygen atoms in total. The number of aromatic nitrogens is 2. The fraction of sp³-hybridized carbons (Fsp3) is 0.429. The molecule has 0 aliphatic carbocycles. The summed E-state index contributed by atoms with van der Waals surface area (Å²) >= 11 is 3.39. The number of benzene rings is 1. The Morgan fingerprint density at radius 3 is 2.50 bits per heavy atom. The van der Waals surface area contributed by atoms with Crippen molar-refractivity contribution in [3.63, 3.8) is 0 Å². The second-order valence-corrected chi connectivity index (χ2v) is 6.41. The first-order chi connectivity index (χ1) is 9.33. The largest absolute Gasteiger partial charge is 0.419 e. The Labute approximate surface area is 126 Å². The second kappa shape index (κ2) is 6.03. The molecule has 1 aromatic carbocycles. The summed E-state index contributed by atoms with van der Waals surface area (Å²) in [7, 11) is 1.90. The van der Waals surface area contributed by atoms with Crippen LogP contribution in [-0.2, 0) is 6.54 Å². The van der Waals surface area contributed by atoms with E-state index in [1.54, 1.807) is 13.8 Å². The highest BCUT2D eigenvalue weighted by molar-refractivity contribution is 9.10. The maximum Gasteiger partial charge on any atom is 0.247 e. The van der Waals surface area contributed by atoms with Gasteiger partial charge in [0, 0.05) is 16.6 Å². The van der Waals surface area contributed by atoms with Gasteiger partial charge in [0.15, 0.2) is 0 Å². The smallest absolute Gasteiger partial charge is 0.247 e. The van der Waals surface area contributed by atoms with Crippen LogP contribution in [0.3, 0.4) is 0 Å². The number of rotatable bonds is 5. The van der Waals surface area contributed by atoms with E-state index in [4.69, 9.17) is 4.42 Å². The zero-order valence-electron chi connectivity index (χ0n) is 11.8. The third-order valence-electron chi connectivity index (χ3n) is 2.62. The molecule has 0 bridgehead atoms. The topological polar surface area (TPSA) is 62.4 Å². The molecular weight excluding hydrogens is 322 g/mol. The van der Waals surface area contributed by atoms with E-state index in [1.807, 2.05) is 36.2 Å². The third kappa shape index (κ3) is 4.40. The lowest BCUT2D eigenvalue weighted by Crippen LogP contribution is -2.35. The summed E-state index contributed by atoms with van der Waals surface area (Å²) in [5, 5.41) is 17.8. The van der Waals surface area contributed by atoms with Gasteiger partial charge >= 0.3 is 0 Å². The number of hydrogen-bond acceptors (Lipinski definition) is 5. The quantitative estimate of drug-likeness (QED) is 0.907. The highest BCUT2D eigenvalue weighted by Crippen LogP contribution is 2.20. The average molecular weight is 340 g/mol. The zero-order chi connectivity index (χ0) is 14.8. The average Bonchev–Trinajstić information content (AvgIpc) is 2.75. The van der Waals surface area contributed by atoms with Crippen molar-refractivity contribution in [3.8, 4) is 11.5 Å². The lowest BCUT2D eigenvalue weighted by Gasteiger charge is -2.23. The van der Waals surface area contributed by atoms with Crippen LogP contribution in [0.4, 0.5) is 0 Å². The number of aliphatic hydroxyl groups is 1. The number of nitrogens with zero attached hydrogens (tertiary/aromatic N) is 3. The fourth-order valence-electron chi connectivity index (χ4n) is 1.97. The lowest BCUT2D eigenvalue weighted by molar-refractivity contribution is 0.0403. The summed E-state index contributed by atoms with van der Waals surface area (Å²) in [5.74, 6) is 1.04. The predicted molar refractivity (Wildman–Crippen MR) is 80.1 cm³/mol. The van der Waals surface area contributed by atoms with E-state index in [0.717, 1.165) is 10.0 Å². The Hall–Kier alpha value is -1.24. The first-order valence-corrected chi connectivity index (χ1v) is 7.12. The molecule has 0 amide bonds. The highest BCUT2D eigenvalue weighted by atomic mass is 79.9. The van der Waals surface area contributed by atoms with E-state index in [-0.39, 0.29) is 0 Å². The van der Waals surface area contributed by atoms with Gasteiger partial charge in [-0.15, -0.1) is 10.2 Å². The molecule has 20 heavy (non-hydrogen) atoms. The SMILES string of the molecule is CN(Cc1nnc(-c2ccc(Br)cc2)o1)CC(C)(C)O. The molecule has 108 valence electrons. The van der Waals surface area contributed by atoms with Gasteiger partial charge in [-0.2, -0.15) is 0 Å². The van der Waals surface area contributed by atoms with E-state index >= 15 is 0 Å². The van der Waals surface area contributed by atoms with Gasteiger partial charge in [-0.1, -0.05) is 15.9 Å². The van der Waals surface area contributed by atoms with Gasteiger partial charge in [0.1, 0.15) is 0 Å². The van der Waals surface area contributed by atoms with Crippen LogP contribution >= 0.6 is 15.9 Å². The summed E-state index contributed by atoms with van der Waals surface area (Å²) in [6, 6.07) is 7.70. The predicted octanol–water partition coefficient (Wildman–Crippen LogP) is 2.70. The van der Waals surface area contributed by atoms with E-state index in [1.165, 1.54) is 0 Å². The van der Waals surface area contributed by atoms with Crippen LogP contribution in [0, 0.1) is 0 Å². The maximum atomic E-state index is 9.76. The van der Waals surface area contributed by atoms with E-state index < -0.39 is 5.60 Å². The third-order valence-corrected chi connectivity index (χ3v) is 3.15. The standard InChI is InChI=1S/C14H18BrN3O2/c1-14(2,19)9-18(3)8-12-16-17-13(20-12)10-4-6-11(15)7-5-10/h4-7,19H,8-9H2,1-3H3. The van der Waals surface area contributed by atoms with Crippen molar-refractivity contribution in [2.75, 3.05) is 13.6 Å². The molecule has 0 unspecified atom stereocenters. The highest BCUT2D eigenvalue weighted by Gasteiger charge is 2.17. The van der Waals surface area contributed by atoms with Crippen molar-refractivity contribution in [1.29, 1.82) is 0 Å². The molecule has 6 heteroatoms. The molecule has 0 aliphatic heterocycles. The van der Waals surface area contributed by atoms with E-state index in [0.29, 0.717) is 24.9 Å². The molecule has 0 spiro atoms. The van der Waals surface area contributed by atoms with E-state index in [9.17, 15) is 5.11 Å². The second-order valence-electron chi connectivity index (χ2n) is 5.49. The van der Waals surface area contributed by atoms with Gasteiger partial charge < -0.3 is 9.52 Å². The molecule has 0 saturated heterocycles. The Kier molecular flexibility index (Phi) is 4.57. The normalized spacial score (nSPS) is 12.1.